The van der Waals surface area contributed by atoms with Gasteiger partial charge in [0.2, 0.25) is 0 Å². The first-order valence-corrected chi connectivity index (χ1v) is 11.5. The van der Waals surface area contributed by atoms with Crippen molar-refractivity contribution in [2.45, 2.75) is 26.4 Å². The van der Waals surface area contributed by atoms with Gasteiger partial charge in [0.1, 0.15) is 12.0 Å². The van der Waals surface area contributed by atoms with E-state index in [1.165, 1.54) is 45.1 Å². The second-order valence-electron chi connectivity index (χ2n) is 8.99. The van der Waals surface area contributed by atoms with E-state index in [9.17, 15) is 0 Å². The molecule has 5 aromatic rings. The first-order valence-electron chi connectivity index (χ1n) is 11.5. The molecule has 0 N–H and O–H groups in total. The number of benzene rings is 4. The Kier molecular flexibility index (Phi) is 3.77. The van der Waals surface area contributed by atoms with E-state index in [-0.39, 0.29) is 6.17 Å². The third-order valence-electron chi connectivity index (χ3n) is 7.06. The number of aryl methyl sites for hydroxylation is 1. The molecule has 0 fully saturated rings. The molecule has 0 amide bonds. The summed E-state index contributed by atoms with van der Waals surface area (Å²) in [6.07, 6.45) is 1.04. The van der Waals surface area contributed by atoms with E-state index in [0.29, 0.717) is 0 Å². The van der Waals surface area contributed by atoms with Crippen LogP contribution in [-0.4, -0.2) is 15.7 Å². The number of para-hydroxylation sites is 4. The van der Waals surface area contributed by atoms with Crippen molar-refractivity contribution in [3.05, 3.63) is 108 Å². The summed E-state index contributed by atoms with van der Waals surface area (Å²) >= 11 is 0. The van der Waals surface area contributed by atoms with E-state index in [1.807, 2.05) is 0 Å². The van der Waals surface area contributed by atoms with Crippen LogP contribution in [0.2, 0.25) is 0 Å². The lowest BCUT2D eigenvalue weighted by molar-refractivity contribution is 0.760. The summed E-state index contributed by atoms with van der Waals surface area (Å²) < 4.78 is 2.34. The number of aromatic nitrogens is 2. The molecule has 1 atom stereocenters. The van der Waals surface area contributed by atoms with Gasteiger partial charge in [-0.3, -0.25) is 4.57 Å². The Balaban J connectivity index is 1.43. The van der Waals surface area contributed by atoms with Crippen LogP contribution >= 0.6 is 0 Å². The van der Waals surface area contributed by atoms with Crippen molar-refractivity contribution in [2.75, 3.05) is 9.80 Å². The summed E-state index contributed by atoms with van der Waals surface area (Å²) in [6.45, 7) is 4.49. The minimum Gasteiger partial charge on any atom is -0.319 e. The molecule has 7 rings (SSSR count). The van der Waals surface area contributed by atoms with Gasteiger partial charge in [-0.15, -0.1) is 0 Å². The summed E-state index contributed by atoms with van der Waals surface area (Å²) in [5.74, 6) is 1.13. The van der Waals surface area contributed by atoms with Crippen molar-refractivity contribution in [1.82, 2.24) is 9.55 Å². The van der Waals surface area contributed by atoms with E-state index < -0.39 is 0 Å². The van der Waals surface area contributed by atoms with Crippen LogP contribution < -0.4 is 9.80 Å². The quantitative estimate of drug-likeness (QED) is 0.301. The fraction of sp³-hybridized carbons (Fsp3) is 0.138. The van der Waals surface area contributed by atoms with E-state index >= 15 is 0 Å². The van der Waals surface area contributed by atoms with E-state index in [2.05, 4.69) is 119 Å². The van der Waals surface area contributed by atoms with Gasteiger partial charge in [0.05, 0.1) is 28.1 Å². The van der Waals surface area contributed by atoms with E-state index in [1.54, 1.807) is 0 Å². The maximum atomic E-state index is 5.00. The summed E-state index contributed by atoms with van der Waals surface area (Å²) in [7, 11) is 0. The minimum absolute atomic E-state index is 0.147. The zero-order chi connectivity index (χ0) is 22.1. The average molecular weight is 429 g/mol. The second-order valence-corrected chi connectivity index (χ2v) is 8.99. The molecule has 4 heteroatoms. The van der Waals surface area contributed by atoms with Crippen LogP contribution in [0.3, 0.4) is 0 Å². The summed E-state index contributed by atoms with van der Waals surface area (Å²) in [5, 5.41) is 0. The maximum absolute atomic E-state index is 5.00. The predicted molar refractivity (Wildman–Crippen MR) is 135 cm³/mol. The van der Waals surface area contributed by atoms with Crippen LogP contribution in [0.15, 0.2) is 91.0 Å². The molecule has 3 heterocycles. The van der Waals surface area contributed by atoms with Gasteiger partial charge in [0.25, 0.3) is 0 Å². The lowest BCUT2D eigenvalue weighted by Gasteiger charge is -2.31. The Bertz CT molecular complexity index is 1530. The van der Waals surface area contributed by atoms with Crippen LogP contribution in [0, 0.1) is 6.92 Å². The molecule has 0 bridgehead atoms. The largest absolute Gasteiger partial charge is 0.319 e. The monoisotopic (exact) mass is 428 g/mol. The third kappa shape index (κ3) is 2.55. The molecule has 33 heavy (non-hydrogen) atoms. The van der Waals surface area contributed by atoms with Gasteiger partial charge in [-0.2, -0.15) is 0 Å². The topological polar surface area (TPSA) is 24.3 Å². The Morgan fingerprint density at radius 1 is 0.727 bits per heavy atom. The fourth-order valence-corrected chi connectivity index (χ4v) is 5.63. The van der Waals surface area contributed by atoms with Crippen molar-refractivity contribution < 1.29 is 0 Å². The highest BCUT2D eigenvalue weighted by atomic mass is 15.4. The zero-order valence-corrected chi connectivity index (χ0v) is 18.7. The number of hydrogen-bond donors (Lipinski definition) is 0. The van der Waals surface area contributed by atoms with Gasteiger partial charge >= 0.3 is 0 Å². The smallest absolute Gasteiger partial charge is 0.118 e. The molecule has 2 aliphatic heterocycles. The van der Waals surface area contributed by atoms with Crippen LogP contribution in [0.25, 0.3) is 16.7 Å². The molecule has 1 aromatic heterocycles. The first kappa shape index (κ1) is 18.5. The SMILES string of the molecule is Cc1cc2nc3n(c2cc1N1c2ccccc2N(c2ccccc2)[C@@H]1C)-c1ccccc1C3. The highest BCUT2D eigenvalue weighted by Crippen LogP contribution is 2.48. The van der Waals surface area contributed by atoms with Crippen molar-refractivity contribution >= 4 is 33.8 Å². The standard InChI is InChI=1S/C29H24N4/c1-19-16-23-28(33-24-13-7-6-10-21(24)17-29(33)30-23)18-27(19)32-20(2)31(22-11-4-3-5-12-22)25-14-8-9-15-26(25)32/h3-16,18,20H,17H2,1-2H3/t20-/m0/s1. The highest BCUT2D eigenvalue weighted by Gasteiger charge is 2.35. The second kappa shape index (κ2) is 6.72. The fourth-order valence-electron chi connectivity index (χ4n) is 5.63. The molecular weight excluding hydrogens is 404 g/mol. The number of nitrogens with zero attached hydrogens (tertiary/aromatic N) is 4. The Morgan fingerprint density at radius 3 is 2.18 bits per heavy atom. The first-order chi connectivity index (χ1) is 16.2. The van der Waals surface area contributed by atoms with E-state index in [0.717, 1.165) is 17.8 Å². The van der Waals surface area contributed by atoms with Gasteiger partial charge < -0.3 is 9.80 Å². The maximum Gasteiger partial charge on any atom is 0.118 e. The zero-order valence-electron chi connectivity index (χ0n) is 18.7. The van der Waals surface area contributed by atoms with Gasteiger partial charge in [-0.05, 0) is 67.4 Å². The molecule has 0 radical (unpaired) electrons. The van der Waals surface area contributed by atoms with Crippen LogP contribution in [-0.2, 0) is 6.42 Å². The normalized spacial score (nSPS) is 16.2. The number of anilines is 4. The van der Waals surface area contributed by atoms with Crippen LogP contribution in [0.4, 0.5) is 22.7 Å². The highest BCUT2D eigenvalue weighted by molar-refractivity contribution is 5.92. The lowest BCUT2D eigenvalue weighted by Crippen LogP contribution is -2.35. The predicted octanol–water partition coefficient (Wildman–Crippen LogP) is 6.87. The van der Waals surface area contributed by atoms with Crippen LogP contribution in [0.1, 0.15) is 23.9 Å². The number of imidazole rings is 1. The molecule has 0 saturated heterocycles. The third-order valence-corrected chi connectivity index (χ3v) is 7.06. The van der Waals surface area contributed by atoms with Crippen molar-refractivity contribution in [2.24, 2.45) is 0 Å². The summed E-state index contributed by atoms with van der Waals surface area (Å²) in [6, 6.07) is 32.6. The average Bonchev–Trinajstić information content (AvgIpc) is 3.46. The Hall–Kier alpha value is -4.05. The van der Waals surface area contributed by atoms with Gasteiger partial charge in [-0.25, -0.2) is 4.98 Å². The number of rotatable bonds is 2. The van der Waals surface area contributed by atoms with Gasteiger partial charge in [0, 0.05) is 17.8 Å². The lowest BCUT2D eigenvalue weighted by atomic mass is 10.1. The van der Waals surface area contributed by atoms with Crippen molar-refractivity contribution in [3.63, 3.8) is 0 Å². The molecule has 0 aliphatic carbocycles. The van der Waals surface area contributed by atoms with Crippen molar-refractivity contribution in [1.29, 1.82) is 0 Å². The molecule has 0 spiro atoms. The molecule has 2 aliphatic rings. The van der Waals surface area contributed by atoms with E-state index in [4.69, 9.17) is 4.98 Å². The number of hydrogen-bond acceptors (Lipinski definition) is 3. The molecule has 0 unspecified atom stereocenters. The molecular formula is C29H24N4. The number of fused-ring (bicyclic) bond motifs is 6. The molecule has 4 aromatic carbocycles. The molecule has 0 saturated carbocycles. The van der Waals surface area contributed by atoms with Gasteiger partial charge in [0.15, 0.2) is 0 Å². The van der Waals surface area contributed by atoms with Crippen LogP contribution in [0.5, 0.6) is 0 Å². The van der Waals surface area contributed by atoms with Gasteiger partial charge in [-0.1, -0.05) is 48.5 Å². The molecule has 160 valence electrons. The minimum atomic E-state index is 0.147. The summed E-state index contributed by atoms with van der Waals surface area (Å²) in [4.78, 5) is 9.89. The summed E-state index contributed by atoms with van der Waals surface area (Å²) in [5.41, 5.74) is 11.0. The Morgan fingerprint density at radius 2 is 1.39 bits per heavy atom. The van der Waals surface area contributed by atoms with Crippen molar-refractivity contribution in [3.8, 4) is 5.69 Å². The molecule has 4 nitrogen and oxygen atoms in total. The Labute approximate surface area is 193 Å².